The Morgan fingerprint density at radius 2 is 2.00 bits per heavy atom. The lowest BCUT2D eigenvalue weighted by Gasteiger charge is -2.27. The summed E-state index contributed by atoms with van der Waals surface area (Å²) in [6.07, 6.45) is 0.539. The van der Waals surface area contributed by atoms with E-state index in [9.17, 15) is 9.59 Å². The van der Waals surface area contributed by atoms with Gasteiger partial charge in [0.15, 0.2) is 6.61 Å². The molecule has 0 bridgehead atoms. The summed E-state index contributed by atoms with van der Waals surface area (Å²) < 4.78 is 10.4. The average molecular weight is 288 g/mol. The average Bonchev–Trinajstić information content (AvgIpc) is 2.67. The summed E-state index contributed by atoms with van der Waals surface area (Å²) in [4.78, 5) is 23.2. The van der Waals surface area contributed by atoms with Gasteiger partial charge < -0.3 is 9.47 Å². The van der Waals surface area contributed by atoms with E-state index in [1.54, 1.807) is 0 Å². The Morgan fingerprint density at radius 3 is 2.67 bits per heavy atom. The molecule has 1 atom stereocenters. The SMILES string of the molecule is C=C(C)C(=O)OCC(=O)OC1c2ccccc2CC1(C)C. The largest absolute Gasteiger partial charge is 0.454 e. The van der Waals surface area contributed by atoms with Crippen molar-refractivity contribution >= 4 is 11.9 Å². The molecule has 21 heavy (non-hydrogen) atoms. The maximum atomic E-state index is 11.9. The van der Waals surface area contributed by atoms with Gasteiger partial charge >= 0.3 is 11.9 Å². The van der Waals surface area contributed by atoms with E-state index < -0.39 is 11.9 Å². The van der Waals surface area contributed by atoms with E-state index in [1.165, 1.54) is 12.5 Å². The molecule has 112 valence electrons. The Hall–Kier alpha value is -2.10. The Balaban J connectivity index is 2.03. The van der Waals surface area contributed by atoms with Gasteiger partial charge in [0.25, 0.3) is 0 Å². The predicted octanol–water partition coefficient (Wildman–Crippen LogP) is 2.97. The molecule has 1 unspecified atom stereocenters. The third-order valence-corrected chi connectivity index (χ3v) is 3.61. The summed E-state index contributed by atoms with van der Waals surface area (Å²) in [7, 11) is 0. The van der Waals surface area contributed by atoms with E-state index in [2.05, 4.69) is 20.4 Å². The Bertz CT molecular complexity index is 586. The van der Waals surface area contributed by atoms with E-state index in [0.29, 0.717) is 0 Å². The van der Waals surface area contributed by atoms with Gasteiger partial charge in [0.1, 0.15) is 6.10 Å². The molecule has 0 heterocycles. The lowest BCUT2D eigenvalue weighted by atomic mass is 9.87. The van der Waals surface area contributed by atoms with Gasteiger partial charge in [-0.1, -0.05) is 44.7 Å². The molecular weight excluding hydrogens is 268 g/mol. The maximum Gasteiger partial charge on any atom is 0.344 e. The molecule has 0 aliphatic heterocycles. The first-order chi connectivity index (χ1) is 9.81. The fourth-order valence-corrected chi connectivity index (χ4v) is 2.59. The first-order valence-electron chi connectivity index (χ1n) is 6.91. The van der Waals surface area contributed by atoms with E-state index >= 15 is 0 Å². The summed E-state index contributed by atoms with van der Waals surface area (Å²) in [5.41, 5.74) is 2.31. The van der Waals surface area contributed by atoms with E-state index in [1.807, 2.05) is 24.3 Å². The van der Waals surface area contributed by atoms with Gasteiger partial charge in [-0.05, 0) is 24.5 Å². The molecule has 2 rings (SSSR count). The van der Waals surface area contributed by atoms with Crippen molar-refractivity contribution < 1.29 is 19.1 Å². The highest BCUT2D eigenvalue weighted by molar-refractivity contribution is 5.88. The third-order valence-electron chi connectivity index (χ3n) is 3.61. The van der Waals surface area contributed by atoms with Crippen LogP contribution in [-0.2, 0) is 25.5 Å². The van der Waals surface area contributed by atoms with Crippen LogP contribution in [0.4, 0.5) is 0 Å². The number of ether oxygens (including phenoxy) is 2. The maximum absolute atomic E-state index is 11.9. The van der Waals surface area contributed by atoms with Gasteiger partial charge in [-0.15, -0.1) is 0 Å². The second kappa shape index (κ2) is 5.72. The number of benzene rings is 1. The first-order valence-corrected chi connectivity index (χ1v) is 6.91. The fraction of sp³-hybridized carbons (Fsp3) is 0.412. The minimum atomic E-state index is -0.585. The van der Waals surface area contributed by atoms with Crippen LogP contribution in [0.3, 0.4) is 0 Å². The zero-order valence-corrected chi connectivity index (χ0v) is 12.6. The molecule has 0 saturated carbocycles. The lowest BCUT2D eigenvalue weighted by molar-refractivity contribution is -0.164. The van der Waals surface area contributed by atoms with Crippen LogP contribution in [0.5, 0.6) is 0 Å². The highest BCUT2D eigenvalue weighted by Gasteiger charge is 2.41. The van der Waals surface area contributed by atoms with Crippen molar-refractivity contribution in [2.75, 3.05) is 6.61 Å². The first kappa shape index (κ1) is 15.3. The lowest BCUT2D eigenvalue weighted by Crippen LogP contribution is -2.26. The second-order valence-electron chi connectivity index (χ2n) is 6.09. The fourth-order valence-electron chi connectivity index (χ4n) is 2.59. The van der Waals surface area contributed by atoms with E-state index in [4.69, 9.17) is 9.47 Å². The Kier molecular flexibility index (Phi) is 4.16. The van der Waals surface area contributed by atoms with Crippen molar-refractivity contribution in [2.24, 2.45) is 5.41 Å². The van der Waals surface area contributed by atoms with Crippen LogP contribution in [0.15, 0.2) is 36.4 Å². The molecule has 4 heteroatoms. The zero-order valence-electron chi connectivity index (χ0n) is 12.6. The number of hydrogen-bond acceptors (Lipinski definition) is 4. The number of carbonyl (C=O) groups excluding carboxylic acids is 2. The number of esters is 2. The van der Waals surface area contributed by atoms with Gasteiger partial charge in [0.2, 0.25) is 0 Å². The summed E-state index contributed by atoms with van der Waals surface area (Å²) in [5.74, 6) is -1.13. The van der Waals surface area contributed by atoms with Crippen LogP contribution in [0, 0.1) is 5.41 Å². The number of carbonyl (C=O) groups is 2. The molecule has 0 radical (unpaired) electrons. The molecule has 1 aromatic rings. The molecule has 0 spiro atoms. The Labute approximate surface area is 124 Å². The summed E-state index contributed by atoms with van der Waals surface area (Å²) in [5, 5.41) is 0. The predicted molar refractivity (Wildman–Crippen MR) is 78.5 cm³/mol. The molecule has 0 N–H and O–H groups in total. The molecule has 0 aromatic heterocycles. The minimum absolute atomic E-state index is 0.169. The van der Waals surface area contributed by atoms with E-state index in [-0.39, 0.29) is 23.7 Å². The summed E-state index contributed by atoms with van der Waals surface area (Å²) in [6, 6.07) is 7.93. The molecule has 0 fully saturated rings. The van der Waals surface area contributed by atoms with Crippen molar-refractivity contribution in [3.05, 3.63) is 47.5 Å². The monoisotopic (exact) mass is 288 g/mol. The number of rotatable bonds is 4. The van der Waals surface area contributed by atoms with Gasteiger partial charge in [0, 0.05) is 11.0 Å². The molecule has 1 aromatic carbocycles. The van der Waals surface area contributed by atoms with Crippen LogP contribution < -0.4 is 0 Å². The molecule has 1 aliphatic carbocycles. The van der Waals surface area contributed by atoms with Crippen LogP contribution in [0.1, 0.15) is 38.0 Å². The summed E-state index contributed by atoms with van der Waals surface area (Å²) >= 11 is 0. The van der Waals surface area contributed by atoms with Gasteiger partial charge in [0.05, 0.1) is 0 Å². The Morgan fingerprint density at radius 1 is 1.33 bits per heavy atom. The highest BCUT2D eigenvalue weighted by Crippen LogP contribution is 2.47. The van der Waals surface area contributed by atoms with Gasteiger partial charge in [-0.25, -0.2) is 9.59 Å². The quantitative estimate of drug-likeness (QED) is 0.631. The van der Waals surface area contributed by atoms with Crippen molar-refractivity contribution in [3.8, 4) is 0 Å². The van der Waals surface area contributed by atoms with Crippen molar-refractivity contribution in [2.45, 2.75) is 33.3 Å². The van der Waals surface area contributed by atoms with Crippen molar-refractivity contribution in [1.82, 2.24) is 0 Å². The summed E-state index contributed by atoms with van der Waals surface area (Å²) in [6.45, 7) is 8.73. The van der Waals surface area contributed by atoms with Crippen LogP contribution in [0.25, 0.3) is 0 Å². The van der Waals surface area contributed by atoms with Crippen LogP contribution in [-0.4, -0.2) is 18.5 Å². The molecular formula is C17H20O4. The molecule has 0 amide bonds. The van der Waals surface area contributed by atoms with Crippen molar-refractivity contribution in [3.63, 3.8) is 0 Å². The zero-order chi connectivity index (χ0) is 15.6. The highest BCUT2D eigenvalue weighted by atomic mass is 16.6. The molecule has 0 saturated heterocycles. The third kappa shape index (κ3) is 3.32. The van der Waals surface area contributed by atoms with Gasteiger partial charge in [-0.3, -0.25) is 0 Å². The van der Waals surface area contributed by atoms with Crippen LogP contribution >= 0.6 is 0 Å². The smallest absolute Gasteiger partial charge is 0.344 e. The topological polar surface area (TPSA) is 52.6 Å². The molecule has 1 aliphatic rings. The van der Waals surface area contributed by atoms with Crippen molar-refractivity contribution in [1.29, 1.82) is 0 Å². The van der Waals surface area contributed by atoms with E-state index in [0.717, 1.165) is 12.0 Å². The number of fused-ring (bicyclic) bond motifs is 1. The minimum Gasteiger partial charge on any atom is -0.454 e. The standard InChI is InChI=1S/C17H20O4/c1-11(2)16(19)20-10-14(18)21-15-13-8-6-5-7-12(13)9-17(15,3)4/h5-8,15H,1,9-10H2,2-4H3. The second-order valence-corrected chi connectivity index (χ2v) is 6.09. The number of hydrogen-bond donors (Lipinski definition) is 0. The van der Waals surface area contributed by atoms with Crippen LogP contribution in [0.2, 0.25) is 0 Å². The normalized spacial score (nSPS) is 18.7. The van der Waals surface area contributed by atoms with Gasteiger partial charge in [-0.2, -0.15) is 0 Å². The molecule has 4 nitrogen and oxygen atoms in total.